The summed E-state index contributed by atoms with van der Waals surface area (Å²) in [6.45, 7) is 7.11. The molecule has 0 bridgehead atoms. The molecular formula is C24H32N2O2. The fourth-order valence-corrected chi connectivity index (χ4v) is 3.09. The van der Waals surface area contributed by atoms with Crippen LogP contribution >= 0.6 is 0 Å². The van der Waals surface area contributed by atoms with Crippen molar-refractivity contribution in [2.75, 3.05) is 13.1 Å². The number of hydrogen-bond donors (Lipinski definition) is 1. The van der Waals surface area contributed by atoms with E-state index >= 15 is 0 Å². The zero-order valence-corrected chi connectivity index (χ0v) is 17.3. The summed E-state index contributed by atoms with van der Waals surface area (Å²) in [4.78, 5) is 27.3. The molecule has 1 N–H and O–H groups in total. The molecule has 0 radical (unpaired) electrons. The lowest BCUT2D eigenvalue weighted by atomic mass is 10.1. The number of benzene rings is 2. The molecule has 4 nitrogen and oxygen atoms in total. The maximum Gasteiger partial charge on any atom is 0.242 e. The van der Waals surface area contributed by atoms with Crippen molar-refractivity contribution in [2.24, 2.45) is 0 Å². The summed E-state index contributed by atoms with van der Waals surface area (Å²) >= 11 is 0. The quantitative estimate of drug-likeness (QED) is 0.635. The highest BCUT2D eigenvalue weighted by atomic mass is 16.2. The van der Waals surface area contributed by atoms with Crippen molar-refractivity contribution in [2.45, 2.75) is 52.5 Å². The minimum atomic E-state index is -0.487. The molecule has 0 aromatic heterocycles. The van der Waals surface area contributed by atoms with Gasteiger partial charge in [0.15, 0.2) is 0 Å². The van der Waals surface area contributed by atoms with Crippen LogP contribution in [0, 0.1) is 6.92 Å². The van der Waals surface area contributed by atoms with Crippen molar-refractivity contribution >= 4 is 11.8 Å². The molecule has 28 heavy (non-hydrogen) atoms. The van der Waals surface area contributed by atoms with Crippen molar-refractivity contribution in [1.29, 1.82) is 0 Å². The first-order valence-corrected chi connectivity index (χ1v) is 10.2. The van der Waals surface area contributed by atoms with E-state index in [0.717, 1.165) is 30.4 Å². The Balaban J connectivity index is 2.08. The summed E-state index contributed by atoms with van der Waals surface area (Å²) in [7, 11) is 0. The Morgan fingerprint density at radius 1 is 1.00 bits per heavy atom. The van der Waals surface area contributed by atoms with Crippen LogP contribution < -0.4 is 5.32 Å². The van der Waals surface area contributed by atoms with Gasteiger partial charge in [0, 0.05) is 13.1 Å². The van der Waals surface area contributed by atoms with Gasteiger partial charge >= 0.3 is 0 Å². The molecule has 0 heterocycles. The van der Waals surface area contributed by atoms with Crippen LogP contribution in [-0.4, -0.2) is 35.8 Å². The van der Waals surface area contributed by atoms with Gasteiger partial charge < -0.3 is 10.2 Å². The molecule has 0 spiro atoms. The maximum absolute atomic E-state index is 13.0. The van der Waals surface area contributed by atoms with E-state index in [1.807, 2.05) is 56.3 Å². The predicted molar refractivity (Wildman–Crippen MR) is 114 cm³/mol. The van der Waals surface area contributed by atoms with Crippen molar-refractivity contribution in [3.8, 4) is 0 Å². The number of hydrogen-bond acceptors (Lipinski definition) is 2. The number of rotatable bonds is 10. The summed E-state index contributed by atoms with van der Waals surface area (Å²) in [5, 5.41) is 2.96. The van der Waals surface area contributed by atoms with Gasteiger partial charge in [-0.2, -0.15) is 0 Å². The summed E-state index contributed by atoms with van der Waals surface area (Å²) in [6.07, 6.45) is 3.01. The number of unbranched alkanes of at least 4 members (excludes halogenated alkanes) is 1. The lowest BCUT2D eigenvalue weighted by Gasteiger charge is -2.29. The highest BCUT2D eigenvalue weighted by Gasteiger charge is 2.25. The second kappa shape index (κ2) is 11.3. The third-order valence-corrected chi connectivity index (χ3v) is 4.96. The standard InChI is InChI=1S/C24H32N2O2/c1-4-5-16-25-24(28)20(3)26(17-15-21-9-7-6-8-10-21)23(27)18-22-13-11-19(2)12-14-22/h6-14,20H,4-5,15-18H2,1-3H3,(H,25,28)/t20-/m0/s1. The second-order valence-corrected chi connectivity index (χ2v) is 7.31. The molecular weight excluding hydrogens is 348 g/mol. The van der Waals surface area contributed by atoms with Crippen molar-refractivity contribution in [3.63, 3.8) is 0 Å². The van der Waals surface area contributed by atoms with E-state index in [0.29, 0.717) is 19.5 Å². The topological polar surface area (TPSA) is 49.4 Å². The Morgan fingerprint density at radius 2 is 1.68 bits per heavy atom. The van der Waals surface area contributed by atoms with E-state index in [1.165, 1.54) is 5.56 Å². The number of amides is 2. The molecule has 150 valence electrons. The lowest BCUT2D eigenvalue weighted by molar-refractivity contribution is -0.139. The molecule has 2 amide bonds. The van der Waals surface area contributed by atoms with Gasteiger partial charge in [-0.05, 0) is 37.8 Å². The number of carbonyl (C=O) groups excluding carboxylic acids is 2. The van der Waals surface area contributed by atoms with Crippen LogP contribution in [0.15, 0.2) is 54.6 Å². The Hall–Kier alpha value is -2.62. The monoisotopic (exact) mass is 380 g/mol. The average Bonchev–Trinajstić information content (AvgIpc) is 2.70. The number of nitrogens with one attached hydrogen (secondary N) is 1. The lowest BCUT2D eigenvalue weighted by Crippen LogP contribution is -2.49. The molecule has 0 saturated heterocycles. The van der Waals surface area contributed by atoms with Crippen LogP contribution in [0.3, 0.4) is 0 Å². The van der Waals surface area contributed by atoms with E-state index < -0.39 is 6.04 Å². The van der Waals surface area contributed by atoms with Gasteiger partial charge in [0.05, 0.1) is 6.42 Å². The van der Waals surface area contributed by atoms with E-state index in [9.17, 15) is 9.59 Å². The van der Waals surface area contributed by atoms with E-state index in [4.69, 9.17) is 0 Å². The second-order valence-electron chi connectivity index (χ2n) is 7.31. The first kappa shape index (κ1) is 21.7. The molecule has 0 unspecified atom stereocenters. The first-order chi connectivity index (χ1) is 13.5. The molecule has 1 atom stereocenters. The van der Waals surface area contributed by atoms with Gasteiger partial charge in [-0.1, -0.05) is 73.5 Å². The van der Waals surface area contributed by atoms with Crippen LogP contribution in [-0.2, 0) is 22.4 Å². The predicted octanol–water partition coefficient (Wildman–Crippen LogP) is 3.91. The van der Waals surface area contributed by atoms with Crippen LogP contribution in [0.2, 0.25) is 0 Å². The largest absolute Gasteiger partial charge is 0.354 e. The fourth-order valence-electron chi connectivity index (χ4n) is 3.09. The van der Waals surface area contributed by atoms with Crippen LogP contribution in [0.1, 0.15) is 43.4 Å². The van der Waals surface area contributed by atoms with Crippen molar-refractivity contribution in [1.82, 2.24) is 10.2 Å². The van der Waals surface area contributed by atoms with E-state index in [1.54, 1.807) is 4.90 Å². The van der Waals surface area contributed by atoms with E-state index in [2.05, 4.69) is 24.4 Å². The Labute approximate surface area is 169 Å². The van der Waals surface area contributed by atoms with Gasteiger partial charge in [0.2, 0.25) is 11.8 Å². The number of nitrogens with zero attached hydrogens (tertiary/aromatic N) is 1. The summed E-state index contributed by atoms with van der Waals surface area (Å²) in [6, 6.07) is 17.6. The fraction of sp³-hybridized carbons (Fsp3) is 0.417. The maximum atomic E-state index is 13.0. The number of carbonyl (C=O) groups is 2. The third kappa shape index (κ3) is 6.84. The smallest absolute Gasteiger partial charge is 0.242 e. The molecule has 2 aromatic carbocycles. The van der Waals surface area contributed by atoms with E-state index in [-0.39, 0.29) is 11.8 Å². The number of aryl methyl sites for hydroxylation is 1. The Bertz CT molecular complexity index is 741. The minimum Gasteiger partial charge on any atom is -0.354 e. The van der Waals surface area contributed by atoms with Crippen LogP contribution in [0.4, 0.5) is 0 Å². The Kier molecular flexibility index (Phi) is 8.73. The molecule has 0 aliphatic carbocycles. The van der Waals surface area contributed by atoms with Gasteiger partial charge in [-0.25, -0.2) is 0 Å². The minimum absolute atomic E-state index is 0.0158. The zero-order valence-electron chi connectivity index (χ0n) is 17.3. The van der Waals surface area contributed by atoms with Gasteiger partial charge in [-0.15, -0.1) is 0 Å². The van der Waals surface area contributed by atoms with Crippen molar-refractivity contribution in [3.05, 3.63) is 71.3 Å². The summed E-state index contributed by atoms with van der Waals surface area (Å²) < 4.78 is 0. The first-order valence-electron chi connectivity index (χ1n) is 10.2. The molecule has 0 aliphatic heterocycles. The molecule has 2 aromatic rings. The van der Waals surface area contributed by atoms with Crippen LogP contribution in [0.25, 0.3) is 0 Å². The van der Waals surface area contributed by atoms with Crippen LogP contribution in [0.5, 0.6) is 0 Å². The zero-order chi connectivity index (χ0) is 20.4. The molecule has 2 rings (SSSR count). The molecule has 0 saturated carbocycles. The van der Waals surface area contributed by atoms with Crippen molar-refractivity contribution < 1.29 is 9.59 Å². The summed E-state index contributed by atoms with van der Waals surface area (Å²) in [5.41, 5.74) is 3.30. The molecule has 4 heteroatoms. The average molecular weight is 381 g/mol. The van der Waals surface area contributed by atoms with Gasteiger partial charge in [-0.3, -0.25) is 9.59 Å². The summed E-state index contributed by atoms with van der Waals surface area (Å²) in [5.74, 6) is -0.100. The van der Waals surface area contributed by atoms with Gasteiger partial charge in [0.25, 0.3) is 0 Å². The highest BCUT2D eigenvalue weighted by molar-refractivity contribution is 5.88. The SMILES string of the molecule is CCCCNC(=O)[C@H](C)N(CCc1ccccc1)C(=O)Cc1ccc(C)cc1. The third-order valence-electron chi connectivity index (χ3n) is 4.96. The molecule has 0 aliphatic rings. The molecule has 0 fully saturated rings. The Morgan fingerprint density at radius 3 is 2.32 bits per heavy atom. The van der Waals surface area contributed by atoms with Gasteiger partial charge in [0.1, 0.15) is 6.04 Å². The normalized spacial score (nSPS) is 11.7. The highest BCUT2D eigenvalue weighted by Crippen LogP contribution is 2.11.